The molecule has 31 heavy (non-hydrogen) atoms. The van der Waals surface area contributed by atoms with E-state index in [0.717, 1.165) is 37.1 Å². The van der Waals surface area contributed by atoms with E-state index in [0.29, 0.717) is 6.29 Å². The molecule has 0 aromatic carbocycles. The Morgan fingerprint density at radius 3 is 2.52 bits per heavy atom. The highest BCUT2D eigenvalue weighted by atomic mass is 32.1. The van der Waals surface area contributed by atoms with E-state index in [9.17, 15) is 19.2 Å². The summed E-state index contributed by atoms with van der Waals surface area (Å²) in [6, 6.07) is -0.927. The van der Waals surface area contributed by atoms with Gasteiger partial charge in [0, 0.05) is 23.3 Å². The van der Waals surface area contributed by atoms with Crippen LogP contribution in [0.3, 0.4) is 0 Å². The van der Waals surface area contributed by atoms with Gasteiger partial charge in [-0.3, -0.25) is 9.59 Å². The van der Waals surface area contributed by atoms with Gasteiger partial charge in [0.1, 0.15) is 30.2 Å². The molecule has 2 aliphatic carbocycles. The van der Waals surface area contributed by atoms with Gasteiger partial charge in [-0.2, -0.15) is 0 Å². The molecule has 1 aromatic heterocycles. The van der Waals surface area contributed by atoms with Gasteiger partial charge in [-0.05, 0) is 52.9 Å². The van der Waals surface area contributed by atoms with Gasteiger partial charge in [0.25, 0.3) is 5.91 Å². The molecule has 0 saturated heterocycles. The summed E-state index contributed by atoms with van der Waals surface area (Å²) in [5, 5.41) is 8.14. The van der Waals surface area contributed by atoms with Gasteiger partial charge in [-0.15, -0.1) is 11.3 Å². The van der Waals surface area contributed by atoms with Crippen LogP contribution in [0.5, 0.6) is 0 Å². The number of carbonyl (C=O) groups is 4. The largest absolute Gasteiger partial charge is 0.463 e. The normalized spacial score (nSPS) is 25.5. The smallest absolute Gasteiger partial charge is 0.408 e. The number of hydrogen-bond donors (Lipinski definition) is 2. The number of thiazole rings is 1. The first-order valence-corrected chi connectivity index (χ1v) is 11.2. The summed E-state index contributed by atoms with van der Waals surface area (Å²) in [6.07, 6.45) is 4.30. The van der Waals surface area contributed by atoms with Crippen molar-refractivity contribution in [3.63, 3.8) is 0 Å². The zero-order valence-electron chi connectivity index (χ0n) is 18.3. The molecule has 0 spiro atoms. The molecule has 2 N–H and O–H groups in total. The molecule has 170 valence electrons. The highest BCUT2D eigenvalue weighted by Crippen LogP contribution is 2.58. The second-order valence-corrected chi connectivity index (χ2v) is 10.3. The van der Waals surface area contributed by atoms with E-state index in [1.54, 1.807) is 5.38 Å². The van der Waals surface area contributed by atoms with Crippen molar-refractivity contribution in [3.05, 3.63) is 16.1 Å². The molecule has 2 amide bonds. The van der Waals surface area contributed by atoms with Gasteiger partial charge < -0.3 is 24.9 Å². The predicted molar refractivity (Wildman–Crippen MR) is 113 cm³/mol. The van der Waals surface area contributed by atoms with Gasteiger partial charge in [0.2, 0.25) is 0 Å². The topological polar surface area (TPSA) is 124 Å². The van der Waals surface area contributed by atoms with Crippen LogP contribution in [0, 0.1) is 0 Å². The Balaban J connectivity index is 1.64. The van der Waals surface area contributed by atoms with E-state index >= 15 is 0 Å². The van der Waals surface area contributed by atoms with Crippen molar-refractivity contribution in [2.24, 2.45) is 0 Å². The van der Waals surface area contributed by atoms with Crippen molar-refractivity contribution in [1.29, 1.82) is 0 Å². The van der Waals surface area contributed by atoms with E-state index in [2.05, 4.69) is 15.6 Å². The van der Waals surface area contributed by atoms with Crippen molar-refractivity contribution >= 4 is 35.6 Å². The van der Waals surface area contributed by atoms with Crippen LogP contribution in [-0.4, -0.2) is 53.0 Å². The first-order chi connectivity index (χ1) is 14.5. The summed E-state index contributed by atoms with van der Waals surface area (Å²) < 4.78 is 10.2. The van der Waals surface area contributed by atoms with Crippen molar-refractivity contribution in [1.82, 2.24) is 15.6 Å². The highest BCUT2D eigenvalue weighted by Gasteiger charge is 2.57. The Labute approximate surface area is 185 Å². The second kappa shape index (κ2) is 8.57. The van der Waals surface area contributed by atoms with E-state index in [1.807, 2.05) is 20.8 Å². The SMILES string of the molecule is CC(=O)OCC(C=O)NC(=O)c1csc(C23CCC(NC(=O)OC(C)(C)C)(CC2)C3)n1. The Morgan fingerprint density at radius 2 is 1.94 bits per heavy atom. The molecule has 0 aliphatic heterocycles. The van der Waals surface area contributed by atoms with Crippen LogP contribution >= 0.6 is 11.3 Å². The van der Waals surface area contributed by atoms with Gasteiger partial charge in [-0.25, -0.2) is 9.78 Å². The van der Waals surface area contributed by atoms with Crippen molar-refractivity contribution < 1.29 is 28.7 Å². The fraction of sp³-hybridized carbons (Fsp3) is 0.667. The maximum absolute atomic E-state index is 12.5. The van der Waals surface area contributed by atoms with E-state index in [1.165, 1.54) is 18.3 Å². The number of aromatic nitrogens is 1. The quantitative estimate of drug-likeness (QED) is 0.482. The Morgan fingerprint density at radius 1 is 1.26 bits per heavy atom. The number of aldehydes is 1. The van der Waals surface area contributed by atoms with Crippen LogP contribution in [0.4, 0.5) is 4.79 Å². The van der Waals surface area contributed by atoms with Crippen LogP contribution in [0.15, 0.2) is 5.38 Å². The van der Waals surface area contributed by atoms with Crippen molar-refractivity contribution in [2.45, 2.75) is 82.4 Å². The molecule has 10 heteroatoms. The Kier molecular flexibility index (Phi) is 6.40. The lowest BCUT2D eigenvalue weighted by molar-refractivity contribution is -0.141. The minimum atomic E-state index is -0.927. The average molecular weight is 452 g/mol. The Bertz CT molecular complexity index is 867. The van der Waals surface area contributed by atoms with Crippen LogP contribution < -0.4 is 10.6 Å². The standard InChI is InChI=1S/C21H29N3O6S/c1-13(26)29-10-14(9-25)22-16(27)15-11-31-17(23-15)20-5-7-21(12-20,8-6-20)24-18(28)30-19(2,3)4/h9,11,14H,5-8,10,12H2,1-4H3,(H,22,27)(H,24,28). The lowest BCUT2D eigenvalue weighted by Crippen LogP contribution is -2.47. The summed E-state index contributed by atoms with van der Waals surface area (Å²) in [5.41, 5.74) is -0.793. The molecule has 0 radical (unpaired) electrons. The first kappa shape index (κ1) is 23.2. The monoisotopic (exact) mass is 451 g/mol. The fourth-order valence-corrected chi connectivity index (χ4v) is 5.43. The lowest BCUT2D eigenvalue weighted by Gasteiger charge is -2.29. The van der Waals surface area contributed by atoms with Crippen molar-refractivity contribution in [2.75, 3.05) is 6.61 Å². The van der Waals surface area contributed by atoms with E-state index in [4.69, 9.17) is 9.47 Å². The van der Waals surface area contributed by atoms with E-state index in [-0.39, 0.29) is 23.3 Å². The molecule has 9 nitrogen and oxygen atoms in total. The molecule has 1 aromatic rings. The molecule has 1 unspecified atom stereocenters. The molecule has 2 fully saturated rings. The summed E-state index contributed by atoms with van der Waals surface area (Å²) in [6.45, 7) is 6.52. The third-order valence-corrected chi connectivity index (χ3v) is 6.83. The summed E-state index contributed by atoms with van der Waals surface area (Å²) in [4.78, 5) is 51.4. The molecular weight excluding hydrogens is 422 g/mol. The molecule has 3 rings (SSSR count). The number of fused-ring (bicyclic) bond motifs is 2. The maximum Gasteiger partial charge on any atom is 0.408 e. The Hall–Kier alpha value is -2.49. The number of amides is 2. The third-order valence-electron chi connectivity index (χ3n) is 5.74. The maximum atomic E-state index is 12.5. The number of hydrogen-bond acceptors (Lipinski definition) is 8. The summed E-state index contributed by atoms with van der Waals surface area (Å²) >= 11 is 1.42. The van der Waals surface area contributed by atoms with E-state index < -0.39 is 29.6 Å². The number of alkyl carbamates (subject to hydrolysis) is 1. The molecule has 2 bridgehead atoms. The van der Waals surface area contributed by atoms with Crippen LogP contribution in [-0.2, 0) is 24.5 Å². The van der Waals surface area contributed by atoms with Crippen LogP contribution in [0.2, 0.25) is 0 Å². The minimum Gasteiger partial charge on any atom is -0.463 e. The van der Waals surface area contributed by atoms with Gasteiger partial charge in [-0.1, -0.05) is 0 Å². The van der Waals surface area contributed by atoms with Gasteiger partial charge in [0.05, 0.1) is 5.01 Å². The lowest BCUT2D eigenvalue weighted by atomic mass is 9.84. The third kappa shape index (κ3) is 5.41. The predicted octanol–water partition coefficient (Wildman–Crippen LogP) is 2.48. The fourth-order valence-electron chi connectivity index (χ4n) is 4.37. The molecule has 2 saturated carbocycles. The molecule has 1 heterocycles. The van der Waals surface area contributed by atoms with Crippen molar-refractivity contribution in [3.8, 4) is 0 Å². The number of carbonyl (C=O) groups excluding carboxylic acids is 4. The number of ether oxygens (including phenoxy) is 2. The zero-order chi connectivity index (χ0) is 22.9. The van der Waals surface area contributed by atoms with Gasteiger partial charge in [0.15, 0.2) is 0 Å². The number of nitrogens with zero attached hydrogens (tertiary/aromatic N) is 1. The minimum absolute atomic E-state index is 0.167. The number of esters is 1. The first-order valence-electron chi connectivity index (χ1n) is 10.3. The highest BCUT2D eigenvalue weighted by molar-refractivity contribution is 7.10. The zero-order valence-corrected chi connectivity index (χ0v) is 19.1. The van der Waals surface area contributed by atoms with Gasteiger partial charge >= 0.3 is 12.1 Å². The number of nitrogens with one attached hydrogen (secondary N) is 2. The molecule has 1 atom stereocenters. The average Bonchev–Trinajstić information content (AvgIpc) is 3.36. The molecular formula is C21H29N3O6S. The molecule has 2 aliphatic rings. The number of rotatable bonds is 7. The van der Waals surface area contributed by atoms with Crippen LogP contribution in [0.1, 0.15) is 75.3 Å². The second-order valence-electron chi connectivity index (χ2n) is 9.42. The summed E-state index contributed by atoms with van der Waals surface area (Å²) in [5.74, 6) is -1.01. The van der Waals surface area contributed by atoms with Crippen LogP contribution in [0.25, 0.3) is 0 Å². The summed E-state index contributed by atoms with van der Waals surface area (Å²) in [7, 11) is 0.